The van der Waals surface area contributed by atoms with E-state index in [0.29, 0.717) is 19.1 Å². The lowest BCUT2D eigenvalue weighted by atomic mass is 10.1. The molecule has 2 N–H and O–H groups in total. The zero-order valence-corrected chi connectivity index (χ0v) is 10.8. The summed E-state index contributed by atoms with van der Waals surface area (Å²) in [6.45, 7) is 4.62. The molecule has 0 bridgehead atoms. The van der Waals surface area contributed by atoms with Crippen LogP contribution in [0.1, 0.15) is 18.6 Å². The summed E-state index contributed by atoms with van der Waals surface area (Å²) < 4.78 is 12.2. The summed E-state index contributed by atoms with van der Waals surface area (Å²) in [7, 11) is 3.39. The van der Waals surface area contributed by atoms with Gasteiger partial charge in [-0.25, -0.2) is 0 Å². The fraction of sp³-hybridized carbons (Fsp3) is 0.818. The van der Waals surface area contributed by atoms with Gasteiger partial charge in [-0.15, -0.1) is 10.2 Å². The van der Waals surface area contributed by atoms with Crippen LogP contribution in [0, 0.1) is 5.92 Å². The second-order valence-electron chi connectivity index (χ2n) is 4.15. The monoisotopic (exact) mass is 242 g/mol. The highest BCUT2D eigenvalue weighted by Gasteiger charge is 2.13. The summed E-state index contributed by atoms with van der Waals surface area (Å²) in [6, 6.07) is 0. The van der Waals surface area contributed by atoms with E-state index in [0.717, 1.165) is 31.2 Å². The van der Waals surface area contributed by atoms with E-state index in [1.54, 1.807) is 14.2 Å². The summed E-state index contributed by atoms with van der Waals surface area (Å²) in [4.78, 5) is 0. The zero-order chi connectivity index (χ0) is 12.7. The fourth-order valence-electron chi connectivity index (χ4n) is 1.77. The molecule has 1 heterocycles. The Kier molecular flexibility index (Phi) is 6.10. The summed E-state index contributed by atoms with van der Waals surface area (Å²) in [5.74, 6) is 2.17. The van der Waals surface area contributed by atoms with E-state index in [-0.39, 0.29) is 0 Å². The van der Waals surface area contributed by atoms with Gasteiger partial charge < -0.3 is 19.8 Å². The van der Waals surface area contributed by atoms with E-state index in [4.69, 9.17) is 15.2 Å². The van der Waals surface area contributed by atoms with Gasteiger partial charge in [0.1, 0.15) is 11.6 Å². The first-order valence-corrected chi connectivity index (χ1v) is 5.81. The van der Waals surface area contributed by atoms with E-state index in [1.165, 1.54) is 0 Å². The van der Waals surface area contributed by atoms with Crippen molar-refractivity contribution in [2.75, 3.05) is 27.4 Å². The number of hydrogen-bond donors (Lipinski definition) is 1. The SMILES string of the molecule is COCCn1c(CN)nnc1CC(C)COC. The average Bonchev–Trinajstić information content (AvgIpc) is 2.69. The van der Waals surface area contributed by atoms with Gasteiger partial charge in [0, 0.05) is 33.8 Å². The minimum Gasteiger partial charge on any atom is -0.384 e. The fourth-order valence-corrected chi connectivity index (χ4v) is 1.77. The molecule has 0 saturated carbocycles. The van der Waals surface area contributed by atoms with Crippen molar-refractivity contribution >= 4 is 0 Å². The van der Waals surface area contributed by atoms with Gasteiger partial charge in [0.15, 0.2) is 0 Å². The molecular weight excluding hydrogens is 220 g/mol. The number of ether oxygens (including phenoxy) is 2. The molecule has 0 spiro atoms. The van der Waals surface area contributed by atoms with Crippen molar-refractivity contribution < 1.29 is 9.47 Å². The Morgan fingerprint density at radius 3 is 2.53 bits per heavy atom. The van der Waals surface area contributed by atoms with Gasteiger partial charge in [-0.1, -0.05) is 6.92 Å². The molecule has 0 fully saturated rings. The molecule has 1 unspecified atom stereocenters. The Bertz CT molecular complexity index is 327. The first kappa shape index (κ1) is 14.1. The molecular formula is C11H22N4O2. The smallest absolute Gasteiger partial charge is 0.146 e. The molecule has 1 aromatic heterocycles. The molecule has 1 rings (SSSR count). The Balaban J connectivity index is 2.72. The van der Waals surface area contributed by atoms with E-state index >= 15 is 0 Å². The maximum atomic E-state index is 5.64. The number of nitrogens with two attached hydrogens (primary N) is 1. The standard InChI is InChI=1S/C11H22N4O2/c1-9(8-17-3)6-10-13-14-11(7-12)15(10)4-5-16-2/h9H,4-8,12H2,1-3H3. The molecule has 0 aliphatic heterocycles. The van der Waals surface area contributed by atoms with Crippen LogP contribution in [0.2, 0.25) is 0 Å². The Hall–Kier alpha value is -0.980. The second-order valence-corrected chi connectivity index (χ2v) is 4.15. The molecule has 17 heavy (non-hydrogen) atoms. The number of nitrogens with zero attached hydrogens (tertiary/aromatic N) is 3. The van der Waals surface area contributed by atoms with E-state index < -0.39 is 0 Å². The van der Waals surface area contributed by atoms with Gasteiger partial charge in [0.2, 0.25) is 0 Å². The summed E-state index contributed by atoms with van der Waals surface area (Å²) in [6.07, 6.45) is 0.838. The van der Waals surface area contributed by atoms with Crippen molar-refractivity contribution in [3.63, 3.8) is 0 Å². The van der Waals surface area contributed by atoms with E-state index in [9.17, 15) is 0 Å². The lowest BCUT2D eigenvalue weighted by Crippen LogP contribution is -2.17. The highest BCUT2D eigenvalue weighted by molar-refractivity contribution is 4.96. The molecule has 0 radical (unpaired) electrons. The molecule has 6 nitrogen and oxygen atoms in total. The van der Waals surface area contributed by atoms with Crippen LogP contribution in [0.3, 0.4) is 0 Å². The van der Waals surface area contributed by atoms with Crippen LogP contribution in [0.25, 0.3) is 0 Å². The van der Waals surface area contributed by atoms with Crippen molar-refractivity contribution in [1.29, 1.82) is 0 Å². The largest absolute Gasteiger partial charge is 0.384 e. The second kappa shape index (κ2) is 7.37. The van der Waals surface area contributed by atoms with Crippen molar-refractivity contribution in [1.82, 2.24) is 14.8 Å². The predicted molar refractivity (Wildman–Crippen MR) is 64.5 cm³/mol. The third-order valence-electron chi connectivity index (χ3n) is 2.59. The quantitative estimate of drug-likeness (QED) is 0.705. The number of aromatic nitrogens is 3. The molecule has 6 heteroatoms. The van der Waals surface area contributed by atoms with Gasteiger partial charge in [-0.2, -0.15) is 0 Å². The third kappa shape index (κ3) is 4.07. The molecule has 0 aliphatic carbocycles. The van der Waals surface area contributed by atoms with Crippen LogP contribution in [-0.2, 0) is 29.0 Å². The number of methoxy groups -OCH3 is 2. The highest BCUT2D eigenvalue weighted by atomic mass is 16.5. The minimum absolute atomic E-state index is 0.398. The summed E-state index contributed by atoms with van der Waals surface area (Å²) in [5, 5.41) is 8.28. The Morgan fingerprint density at radius 1 is 1.24 bits per heavy atom. The van der Waals surface area contributed by atoms with Crippen molar-refractivity contribution in [3.8, 4) is 0 Å². The summed E-state index contributed by atoms with van der Waals surface area (Å²) >= 11 is 0. The van der Waals surface area contributed by atoms with Crippen LogP contribution in [0.15, 0.2) is 0 Å². The zero-order valence-electron chi connectivity index (χ0n) is 10.8. The van der Waals surface area contributed by atoms with Gasteiger partial charge in [0.25, 0.3) is 0 Å². The van der Waals surface area contributed by atoms with Gasteiger partial charge in [-0.3, -0.25) is 0 Å². The van der Waals surface area contributed by atoms with Gasteiger partial charge in [0.05, 0.1) is 13.2 Å². The molecule has 0 aliphatic rings. The molecule has 1 aromatic rings. The number of rotatable bonds is 8. The van der Waals surface area contributed by atoms with Gasteiger partial charge in [-0.05, 0) is 5.92 Å². The number of hydrogen-bond acceptors (Lipinski definition) is 5. The van der Waals surface area contributed by atoms with Crippen LogP contribution >= 0.6 is 0 Å². The maximum Gasteiger partial charge on any atom is 0.146 e. The molecule has 98 valence electrons. The average molecular weight is 242 g/mol. The van der Waals surface area contributed by atoms with Crippen LogP contribution in [0.4, 0.5) is 0 Å². The normalized spacial score (nSPS) is 12.9. The van der Waals surface area contributed by atoms with Crippen molar-refractivity contribution in [3.05, 3.63) is 11.6 Å². The predicted octanol–water partition coefficient (Wildman–Crippen LogP) is 0.208. The lowest BCUT2D eigenvalue weighted by molar-refractivity contribution is 0.157. The third-order valence-corrected chi connectivity index (χ3v) is 2.59. The Labute approximate surface area is 102 Å². The summed E-state index contributed by atoms with van der Waals surface area (Å²) in [5.41, 5.74) is 5.64. The highest BCUT2D eigenvalue weighted by Crippen LogP contribution is 2.09. The Morgan fingerprint density at radius 2 is 1.94 bits per heavy atom. The molecule has 0 amide bonds. The molecule has 0 aromatic carbocycles. The topological polar surface area (TPSA) is 75.2 Å². The first-order valence-electron chi connectivity index (χ1n) is 5.81. The van der Waals surface area contributed by atoms with Crippen molar-refractivity contribution in [2.45, 2.75) is 26.4 Å². The molecule has 1 atom stereocenters. The minimum atomic E-state index is 0.398. The van der Waals surface area contributed by atoms with Gasteiger partial charge >= 0.3 is 0 Å². The first-order chi connectivity index (χ1) is 8.22. The van der Waals surface area contributed by atoms with E-state index in [1.807, 2.05) is 4.57 Å². The van der Waals surface area contributed by atoms with Crippen LogP contribution in [-0.4, -0.2) is 42.2 Å². The van der Waals surface area contributed by atoms with E-state index in [2.05, 4.69) is 17.1 Å². The van der Waals surface area contributed by atoms with Crippen LogP contribution < -0.4 is 5.73 Å². The maximum absolute atomic E-state index is 5.64. The van der Waals surface area contributed by atoms with Crippen molar-refractivity contribution in [2.24, 2.45) is 11.7 Å². The van der Waals surface area contributed by atoms with Crippen LogP contribution in [0.5, 0.6) is 0 Å². The molecule has 0 saturated heterocycles. The lowest BCUT2D eigenvalue weighted by Gasteiger charge is -2.12.